The molecule has 4 aromatic rings. The van der Waals surface area contributed by atoms with E-state index < -0.39 is 12.0 Å². The average molecular weight is 872 g/mol. The van der Waals surface area contributed by atoms with Crippen LogP contribution in [-0.4, -0.2) is 31.4 Å². The number of nitrogens with zero attached hydrogens (tertiary/aromatic N) is 2. The average Bonchev–Trinajstić information content (AvgIpc) is 3.34. The highest BCUT2D eigenvalue weighted by molar-refractivity contribution is 14.1. The zero-order valence-electron chi connectivity index (χ0n) is 25.9. The van der Waals surface area contributed by atoms with Crippen LogP contribution in [0.15, 0.2) is 74.1 Å². The molecule has 0 amide bonds. The van der Waals surface area contributed by atoms with Crippen molar-refractivity contribution in [2.75, 3.05) is 20.8 Å². The highest BCUT2D eigenvalue weighted by Crippen LogP contribution is 2.39. The van der Waals surface area contributed by atoms with Crippen LogP contribution < -0.4 is 29.1 Å². The number of methoxy groups -OCH3 is 2. The quantitative estimate of drug-likeness (QED) is 0.113. The van der Waals surface area contributed by atoms with Crippen molar-refractivity contribution in [2.24, 2.45) is 4.99 Å². The van der Waals surface area contributed by atoms with Gasteiger partial charge in [-0.15, -0.1) is 0 Å². The minimum Gasteiger partial charge on any atom is -0.496 e. The molecule has 1 aromatic heterocycles. The molecule has 1 atom stereocenters. The second-order valence-electron chi connectivity index (χ2n) is 10.4. The molecule has 0 unspecified atom stereocenters. The number of carbonyl (C=O) groups is 1. The summed E-state index contributed by atoms with van der Waals surface area (Å²) in [6.45, 7) is 4.16. The van der Waals surface area contributed by atoms with Crippen LogP contribution in [0.3, 0.4) is 0 Å². The predicted octanol–water partition coefficient (Wildman–Crippen LogP) is 7.85. The molecule has 2 heterocycles. The number of hydrogen-bond acceptors (Lipinski definition) is 8. The van der Waals surface area contributed by atoms with Crippen LogP contribution in [-0.2, 0) is 16.1 Å². The molecular formula is C34H30BrCl2IN2O6S. The molecule has 246 valence electrons. The first kappa shape index (κ1) is 35.5. The van der Waals surface area contributed by atoms with E-state index in [1.807, 2.05) is 31.2 Å². The van der Waals surface area contributed by atoms with Crippen molar-refractivity contribution in [3.63, 3.8) is 0 Å². The number of esters is 1. The van der Waals surface area contributed by atoms with Crippen LogP contribution in [0.5, 0.6) is 17.2 Å². The summed E-state index contributed by atoms with van der Waals surface area (Å²) in [5.41, 5.74) is 2.75. The second-order valence-corrected chi connectivity index (χ2v) is 14.3. The van der Waals surface area contributed by atoms with Gasteiger partial charge in [0.1, 0.15) is 18.4 Å². The van der Waals surface area contributed by atoms with E-state index >= 15 is 0 Å². The molecule has 0 radical (unpaired) electrons. The summed E-state index contributed by atoms with van der Waals surface area (Å²) >= 11 is 19.4. The number of aromatic nitrogens is 1. The standard InChI is InChI=1S/C34H30BrCl2IN2O6S/c1-5-7-25-29(33(42)45-6-2)30(22-15-20(35)9-11-26(22)43-3)40-32(41)28(47-34(40)39-25)14-18-12-24(38)31(27(13-18)44-4)46-17-19-8-10-21(36)16-23(19)37/h8-16,30H,5-7,17H2,1-4H3/b28-14+/t30-/m0/s1. The first-order chi connectivity index (χ1) is 22.6. The molecule has 8 nitrogen and oxygen atoms in total. The lowest BCUT2D eigenvalue weighted by atomic mass is 9.93. The molecule has 13 heteroatoms. The van der Waals surface area contributed by atoms with E-state index in [-0.39, 0.29) is 18.8 Å². The Morgan fingerprint density at radius 1 is 1.09 bits per heavy atom. The normalized spacial score (nSPS) is 14.5. The van der Waals surface area contributed by atoms with Gasteiger partial charge < -0.3 is 18.9 Å². The van der Waals surface area contributed by atoms with E-state index in [1.54, 1.807) is 56.1 Å². The maximum absolute atomic E-state index is 14.3. The third kappa shape index (κ3) is 7.59. The maximum Gasteiger partial charge on any atom is 0.338 e. The molecule has 0 saturated carbocycles. The van der Waals surface area contributed by atoms with Gasteiger partial charge in [0, 0.05) is 25.6 Å². The maximum atomic E-state index is 14.3. The Hall–Kier alpha value is -2.84. The Morgan fingerprint density at radius 2 is 1.85 bits per heavy atom. The fourth-order valence-corrected chi connectivity index (χ4v) is 7.88. The van der Waals surface area contributed by atoms with E-state index in [0.29, 0.717) is 59.9 Å². The number of ether oxygens (including phenoxy) is 4. The van der Waals surface area contributed by atoms with E-state index in [2.05, 4.69) is 38.5 Å². The van der Waals surface area contributed by atoms with Gasteiger partial charge in [0.25, 0.3) is 5.56 Å². The van der Waals surface area contributed by atoms with Gasteiger partial charge in [0.05, 0.1) is 40.2 Å². The number of carbonyl (C=O) groups excluding carboxylic acids is 1. The number of benzene rings is 3. The van der Waals surface area contributed by atoms with Crippen molar-refractivity contribution in [1.29, 1.82) is 0 Å². The number of hydrogen-bond donors (Lipinski definition) is 0. The van der Waals surface area contributed by atoms with Gasteiger partial charge in [-0.3, -0.25) is 9.36 Å². The zero-order valence-corrected chi connectivity index (χ0v) is 31.9. The van der Waals surface area contributed by atoms with Crippen molar-refractivity contribution in [3.8, 4) is 17.2 Å². The van der Waals surface area contributed by atoms with Crippen LogP contribution in [0.25, 0.3) is 6.08 Å². The Balaban J connectivity index is 1.64. The van der Waals surface area contributed by atoms with Crippen LogP contribution >= 0.6 is 73.1 Å². The molecule has 5 rings (SSSR count). The third-order valence-electron chi connectivity index (χ3n) is 7.32. The molecule has 0 spiro atoms. The SMILES string of the molecule is CCCC1=C(C(=O)OCC)[C@H](c2cc(Br)ccc2OC)n2c(s/c(=C/c3cc(I)c(OCc4ccc(Cl)cc4Cl)c(OC)c3)c2=O)=N1. The van der Waals surface area contributed by atoms with Gasteiger partial charge in [-0.1, -0.05) is 69.9 Å². The Morgan fingerprint density at radius 3 is 2.53 bits per heavy atom. The molecule has 0 aliphatic carbocycles. The van der Waals surface area contributed by atoms with Crippen molar-refractivity contribution in [2.45, 2.75) is 39.3 Å². The smallest absolute Gasteiger partial charge is 0.338 e. The largest absolute Gasteiger partial charge is 0.496 e. The van der Waals surface area contributed by atoms with Crippen molar-refractivity contribution >= 4 is 85.1 Å². The monoisotopic (exact) mass is 870 g/mol. The second kappa shape index (κ2) is 15.6. The fraction of sp³-hybridized carbons (Fsp3) is 0.265. The van der Waals surface area contributed by atoms with E-state index in [0.717, 1.165) is 25.6 Å². The first-order valence-corrected chi connectivity index (χ1v) is 18.0. The summed E-state index contributed by atoms with van der Waals surface area (Å²) in [6, 6.07) is 13.6. The Labute approximate surface area is 307 Å². The van der Waals surface area contributed by atoms with Gasteiger partial charge >= 0.3 is 5.97 Å². The van der Waals surface area contributed by atoms with Crippen LogP contribution in [0.4, 0.5) is 0 Å². The minimum atomic E-state index is -0.813. The number of rotatable bonds is 11. The molecule has 1 aliphatic rings. The van der Waals surface area contributed by atoms with Crippen LogP contribution in [0, 0.1) is 3.57 Å². The summed E-state index contributed by atoms with van der Waals surface area (Å²) < 4.78 is 26.6. The summed E-state index contributed by atoms with van der Waals surface area (Å²) in [4.78, 5) is 33.1. The molecule has 47 heavy (non-hydrogen) atoms. The Kier molecular flexibility index (Phi) is 11.8. The molecule has 0 bridgehead atoms. The van der Waals surface area contributed by atoms with Gasteiger partial charge in [0.2, 0.25) is 0 Å². The van der Waals surface area contributed by atoms with Gasteiger partial charge in [-0.25, -0.2) is 9.79 Å². The van der Waals surface area contributed by atoms with Crippen molar-refractivity contribution < 1.29 is 23.7 Å². The molecule has 0 fully saturated rings. The summed E-state index contributed by atoms with van der Waals surface area (Å²) in [5.74, 6) is 1.05. The first-order valence-electron chi connectivity index (χ1n) is 14.6. The molecule has 1 aliphatic heterocycles. The highest BCUT2D eigenvalue weighted by Gasteiger charge is 2.36. The van der Waals surface area contributed by atoms with Crippen LogP contribution in [0.1, 0.15) is 49.4 Å². The lowest BCUT2D eigenvalue weighted by Gasteiger charge is -2.27. The minimum absolute atomic E-state index is 0.182. The predicted molar refractivity (Wildman–Crippen MR) is 197 cm³/mol. The third-order valence-corrected chi connectivity index (χ3v) is 10.2. The van der Waals surface area contributed by atoms with Crippen molar-refractivity contribution in [3.05, 3.63) is 114 Å². The number of halogens is 4. The van der Waals surface area contributed by atoms with Crippen molar-refractivity contribution in [1.82, 2.24) is 4.57 Å². The lowest BCUT2D eigenvalue weighted by Crippen LogP contribution is -2.40. The van der Waals surface area contributed by atoms with E-state index in [9.17, 15) is 9.59 Å². The van der Waals surface area contributed by atoms with Gasteiger partial charge in [0.15, 0.2) is 16.3 Å². The molecule has 0 N–H and O–H groups in total. The Bertz CT molecular complexity index is 2060. The van der Waals surface area contributed by atoms with Gasteiger partial charge in [-0.2, -0.15) is 0 Å². The van der Waals surface area contributed by atoms with Gasteiger partial charge in [-0.05, 0) is 90.0 Å². The summed E-state index contributed by atoms with van der Waals surface area (Å²) in [5, 5.41) is 1.05. The number of thiazole rings is 1. The molecule has 0 saturated heterocycles. The van der Waals surface area contributed by atoms with E-state index in [1.165, 1.54) is 11.3 Å². The topological polar surface area (TPSA) is 88.4 Å². The molecular weight excluding hydrogens is 842 g/mol. The highest BCUT2D eigenvalue weighted by atomic mass is 127. The molecule has 3 aromatic carbocycles. The zero-order chi connectivity index (χ0) is 33.8. The fourth-order valence-electron chi connectivity index (χ4n) is 5.24. The summed E-state index contributed by atoms with van der Waals surface area (Å²) in [7, 11) is 3.12. The van der Waals surface area contributed by atoms with E-state index in [4.69, 9.17) is 47.1 Å². The lowest BCUT2D eigenvalue weighted by molar-refractivity contribution is -0.139. The van der Waals surface area contributed by atoms with Crippen LogP contribution in [0.2, 0.25) is 10.0 Å². The number of allylic oxidation sites excluding steroid dienone is 1. The summed E-state index contributed by atoms with van der Waals surface area (Å²) in [6.07, 6.45) is 3.07. The number of fused-ring (bicyclic) bond motifs is 1.